The number of carbonyl (C=O) groups is 10. The molecule has 0 spiro atoms. The largest absolute Gasteiger partial charge is 0.497 e. The SMILES string of the molecule is COc1ccc(-c2ccc(-c3ccc(-c4ccc(-c5ccc(-c6ccc(-c7ccc(-c8ccc(C(=O)NCC(=O)OCc9ccccc9)cc8OCC(=O)O)c(OCC(=O)O)c7)cc6OCC(=O)O)c(OCC(=O)O)c5)cc4OCC(=O)O)c(OCC(=O)O)c3)cc2OCC(=O)O)c(OCC(=O)O)c1. The molecule has 0 saturated carbocycles. The zero-order valence-corrected chi connectivity index (χ0v) is 54.6. The number of carbonyl (C=O) groups excluding carboxylic acids is 2. The van der Waals surface area contributed by atoms with Gasteiger partial charge in [-0.05, 0) is 142 Å². The second-order valence-corrected chi connectivity index (χ2v) is 22.1. The van der Waals surface area contributed by atoms with Gasteiger partial charge in [0.1, 0.15) is 64.9 Å². The Hall–Kier alpha value is -14.1. The van der Waals surface area contributed by atoms with Gasteiger partial charge in [0.25, 0.3) is 5.91 Å². The molecule has 0 saturated heterocycles. The highest BCUT2D eigenvalue weighted by Crippen LogP contribution is 2.47. The number of amides is 1. The highest BCUT2D eigenvalue weighted by atomic mass is 16.5. The van der Waals surface area contributed by atoms with Gasteiger partial charge in [-0.25, -0.2) is 38.4 Å². The van der Waals surface area contributed by atoms with Crippen LogP contribution >= 0.6 is 0 Å². The van der Waals surface area contributed by atoms with E-state index in [-0.39, 0.29) is 97.1 Å². The summed E-state index contributed by atoms with van der Waals surface area (Å²) < 4.78 is 56.8. The molecular formula is C75H61NO28. The smallest absolute Gasteiger partial charge is 0.341 e. The van der Waals surface area contributed by atoms with Crippen LogP contribution in [0.2, 0.25) is 0 Å². The van der Waals surface area contributed by atoms with Crippen LogP contribution in [0.3, 0.4) is 0 Å². The maximum Gasteiger partial charge on any atom is 0.341 e. The first-order valence-corrected chi connectivity index (χ1v) is 30.8. The van der Waals surface area contributed by atoms with Gasteiger partial charge in [0.15, 0.2) is 52.9 Å². The number of nitrogens with one attached hydrogen (secondary N) is 1. The van der Waals surface area contributed by atoms with Crippen molar-refractivity contribution in [2.45, 2.75) is 6.61 Å². The summed E-state index contributed by atoms with van der Waals surface area (Å²) >= 11 is 0. The minimum Gasteiger partial charge on any atom is -0.497 e. The quantitative estimate of drug-likeness (QED) is 0.0164. The summed E-state index contributed by atoms with van der Waals surface area (Å²) in [6.07, 6.45) is 0. The number of hydrogen-bond acceptors (Lipinski definition) is 20. The number of carboxylic acid groups (broad SMARTS) is 8. The average molecular weight is 1420 g/mol. The summed E-state index contributed by atoms with van der Waals surface area (Å²) in [6, 6.07) is 44.7. The van der Waals surface area contributed by atoms with E-state index in [4.69, 9.17) is 47.4 Å². The third-order valence-electron chi connectivity index (χ3n) is 14.9. The van der Waals surface area contributed by atoms with E-state index in [0.717, 1.165) is 0 Å². The lowest BCUT2D eigenvalue weighted by atomic mass is 9.93. The second-order valence-electron chi connectivity index (χ2n) is 22.1. The topological polar surface area (TPSA) is 437 Å². The maximum atomic E-state index is 13.3. The Morgan fingerprint density at radius 3 is 0.817 bits per heavy atom. The van der Waals surface area contributed by atoms with Crippen molar-refractivity contribution in [3.63, 3.8) is 0 Å². The minimum atomic E-state index is -1.39. The van der Waals surface area contributed by atoms with Gasteiger partial charge in [-0.2, -0.15) is 0 Å². The number of ether oxygens (including phenoxy) is 10. The molecule has 29 nitrogen and oxygen atoms in total. The molecule has 0 radical (unpaired) electrons. The third kappa shape index (κ3) is 20.1. The summed E-state index contributed by atoms with van der Waals surface area (Å²) in [4.78, 5) is 121. The number of rotatable bonds is 37. The van der Waals surface area contributed by atoms with Crippen molar-refractivity contribution in [1.29, 1.82) is 0 Å². The van der Waals surface area contributed by atoms with E-state index in [2.05, 4.69) is 5.32 Å². The van der Waals surface area contributed by atoms with Crippen LogP contribution < -0.4 is 47.9 Å². The maximum absolute atomic E-state index is 13.3. The van der Waals surface area contributed by atoms with Gasteiger partial charge >= 0.3 is 53.7 Å². The average Bonchev–Trinajstić information content (AvgIpc) is 0.786. The van der Waals surface area contributed by atoms with E-state index in [0.29, 0.717) is 50.3 Å². The van der Waals surface area contributed by atoms with Crippen LogP contribution in [0, 0.1) is 0 Å². The Labute approximate surface area is 588 Å². The van der Waals surface area contributed by atoms with Crippen molar-refractivity contribution in [2.24, 2.45) is 0 Å². The Bertz CT molecular complexity index is 4780. The lowest BCUT2D eigenvalue weighted by molar-refractivity contribution is -0.144. The van der Waals surface area contributed by atoms with Gasteiger partial charge in [-0.15, -0.1) is 0 Å². The van der Waals surface area contributed by atoms with Crippen LogP contribution in [0.15, 0.2) is 176 Å². The molecule has 0 unspecified atom stereocenters. The van der Waals surface area contributed by atoms with Crippen molar-refractivity contribution in [1.82, 2.24) is 5.32 Å². The lowest BCUT2D eigenvalue weighted by Gasteiger charge is -2.19. The summed E-state index contributed by atoms with van der Waals surface area (Å²) in [7, 11) is 1.39. The van der Waals surface area contributed by atoms with Crippen molar-refractivity contribution in [2.75, 3.05) is 66.5 Å². The van der Waals surface area contributed by atoms with Gasteiger partial charge in [0.2, 0.25) is 0 Å². The molecule has 9 aromatic carbocycles. The molecule has 0 aliphatic carbocycles. The van der Waals surface area contributed by atoms with E-state index >= 15 is 0 Å². The van der Waals surface area contributed by atoms with Gasteiger partial charge in [-0.3, -0.25) is 9.59 Å². The molecule has 1 amide bonds. The highest BCUT2D eigenvalue weighted by molar-refractivity contribution is 5.98. The van der Waals surface area contributed by atoms with Gasteiger partial charge in [-0.1, -0.05) is 66.7 Å². The molecule has 104 heavy (non-hydrogen) atoms. The Kier molecular flexibility index (Phi) is 24.6. The van der Waals surface area contributed by atoms with Crippen molar-refractivity contribution < 1.29 is 136 Å². The van der Waals surface area contributed by atoms with E-state index in [1.54, 1.807) is 84.9 Å². The number of carboxylic acids is 8. The molecule has 0 aromatic heterocycles. The lowest BCUT2D eigenvalue weighted by Crippen LogP contribution is -2.30. The Morgan fingerprint density at radius 1 is 0.298 bits per heavy atom. The van der Waals surface area contributed by atoms with Crippen LogP contribution in [0.25, 0.3) is 77.9 Å². The number of esters is 1. The predicted octanol–water partition coefficient (Wildman–Crippen LogP) is 9.54. The van der Waals surface area contributed by atoms with Crippen molar-refractivity contribution >= 4 is 59.6 Å². The van der Waals surface area contributed by atoms with Crippen LogP contribution in [0.5, 0.6) is 51.7 Å². The normalized spacial score (nSPS) is 10.7. The van der Waals surface area contributed by atoms with Crippen molar-refractivity contribution in [3.05, 3.63) is 187 Å². The van der Waals surface area contributed by atoms with E-state index in [9.17, 15) is 88.8 Å². The molecule has 0 heterocycles. The molecule has 0 bridgehead atoms. The molecule has 9 N–H and O–H groups in total. The van der Waals surface area contributed by atoms with E-state index in [1.165, 1.54) is 98.1 Å². The first-order chi connectivity index (χ1) is 49.9. The number of aliphatic carboxylic acids is 8. The summed E-state index contributed by atoms with van der Waals surface area (Å²) in [5, 5.41) is 80.3. The molecule has 0 aliphatic heterocycles. The first-order valence-electron chi connectivity index (χ1n) is 30.8. The number of methoxy groups -OCH3 is 1. The zero-order chi connectivity index (χ0) is 74.6. The second kappa shape index (κ2) is 34.6. The Balaban J connectivity index is 1.07. The molecular weight excluding hydrogens is 1360 g/mol. The monoisotopic (exact) mass is 1420 g/mol. The fourth-order valence-corrected chi connectivity index (χ4v) is 10.4. The minimum absolute atomic E-state index is 0.0130. The molecule has 0 aliphatic rings. The van der Waals surface area contributed by atoms with Crippen LogP contribution in [0.4, 0.5) is 0 Å². The molecule has 9 rings (SSSR count). The fraction of sp³-hybridized carbons (Fsp3) is 0.147. The van der Waals surface area contributed by atoms with Gasteiger partial charge in [0, 0.05) is 56.1 Å². The van der Waals surface area contributed by atoms with Crippen LogP contribution in [-0.2, 0) is 54.5 Å². The molecule has 9 aromatic rings. The zero-order valence-electron chi connectivity index (χ0n) is 54.6. The van der Waals surface area contributed by atoms with Crippen molar-refractivity contribution in [3.8, 4) is 130 Å². The van der Waals surface area contributed by atoms with Gasteiger partial charge in [0.05, 0.1) is 7.11 Å². The first kappa shape index (κ1) is 74.1. The standard InChI is InChI=1S/C75H61NO28/c1-95-49-14-22-57(65(30-49)103-40-73(91)92)55-20-12-47(28-63(55)101-38-71(87)88)45-10-18-53(61(26-45)99-36-69(83)84)51-16-8-43(24-59(51)97-34-67(79)80)42-7-15-50(58(23-42)96-33-66(77)78)52-17-9-44(25-60(52)98-35-68(81)82)46-11-19-54(62(27-46)100-37-70(85)86)56-21-13-48(29-64(56)102-39-72(89)90)75(94)76-31-74(93)104-32-41-5-3-2-4-6-41/h2-30H,31-40H2,1H3,(H,76,94)(H,77,78)(H,79,80)(H,81,82)(H,83,84)(H,85,86)(H,87,88)(H,89,90)(H,91,92). The third-order valence-corrected chi connectivity index (χ3v) is 14.9. The van der Waals surface area contributed by atoms with E-state index in [1.807, 2.05) is 0 Å². The summed E-state index contributed by atoms with van der Waals surface area (Å²) in [5.41, 5.74) is 4.31. The van der Waals surface area contributed by atoms with Crippen LogP contribution in [0.1, 0.15) is 15.9 Å². The highest BCUT2D eigenvalue weighted by Gasteiger charge is 2.25. The summed E-state index contributed by atoms with van der Waals surface area (Å²) in [6.45, 7) is -7.42. The Morgan fingerprint density at radius 2 is 0.548 bits per heavy atom. The predicted molar refractivity (Wildman–Crippen MR) is 365 cm³/mol. The number of hydrogen-bond donors (Lipinski definition) is 9. The van der Waals surface area contributed by atoms with Crippen LogP contribution in [-0.4, -0.2) is 167 Å². The molecule has 534 valence electrons. The molecule has 29 heteroatoms. The van der Waals surface area contributed by atoms with E-state index < -0.39 is 119 Å². The van der Waals surface area contributed by atoms with Gasteiger partial charge < -0.3 is 93.5 Å². The molecule has 0 atom stereocenters. The molecule has 0 fully saturated rings. The fourth-order valence-electron chi connectivity index (χ4n) is 10.4. The summed E-state index contributed by atoms with van der Waals surface area (Å²) in [5.74, 6) is -12.6. The number of benzene rings is 9.